The van der Waals surface area contributed by atoms with Crippen LogP contribution >= 0.6 is 11.3 Å². The number of amides is 1. The minimum atomic E-state index is -4.25. The molecule has 0 spiro atoms. The van der Waals surface area contributed by atoms with E-state index in [1.165, 1.54) is 53.8 Å². The largest absolute Gasteiger partial charge is 0.462 e. The summed E-state index contributed by atoms with van der Waals surface area (Å²) in [5, 5.41) is 14.3. The molecule has 0 radical (unpaired) electrons. The number of sulfonamides is 1. The second-order valence-corrected chi connectivity index (χ2v) is 10.9. The van der Waals surface area contributed by atoms with Crippen LogP contribution in [0.2, 0.25) is 0 Å². The van der Waals surface area contributed by atoms with Gasteiger partial charge in [0, 0.05) is 17.0 Å². The molecule has 4 rings (SSSR count). The number of nitrogens with zero attached hydrogens (tertiary/aromatic N) is 2. The quantitative estimate of drug-likeness (QED) is 0.250. The summed E-state index contributed by atoms with van der Waals surface area (Å²) in [6, 6.07) is 12.5. The normalized spacial score (nSPS) is 12.6. The van der Waals surface area contributed by atoms with Crippen molar-refractivity contribution in [3.8, 4) is 0 Å². The molecular weight excluding hydrogens is 506 g/mol. The molecule has 188 valence electrons. The monoisotopic (exact) mass is 529 g/mol. The predicted octanol–water partition coefficient (Wildman–Crippen LogP) is 4.16. The summed E-state index contributed by atoms with van der Waals surface area (Å²) >= 11 is 1.27. The number of ether oxygens (including phenoxy) is 1. The van der Waals surface area contributed by atoms with Crippen molar-refractivity contribution >= 4 is 49.6 Å². The number of benzene rings is 2. The fraction of sp³-hybridized carbons (Fsp3) is 0.250. The number of anilines is 2. The van der Waals surface area contributed by atoms with Crippen LogP contribution < -0.4 is 9.62 Å². The molecule has 0 aliphatic heterocycles. The summed E-state index contributed by atoms with van der Waals surface area (Å²) in [6.45, 7) is 1.20. The number of esters is 1. The zero-order valence-corrected chi connectivity index (χ0v) is 20.9. The highest BCUT2D eigenvalue weighted by Crippen LogP contribution is 2.39. The van der Waals surface area contributed by atoms with Gasteiger partial charge in [-0.2, -0.15) is 0 Å². The molecule has 1 aliphatic rings. The minimum absolute atomic E-state index is 0.0394. The van der Waals surface area contributed by atoms with Gasteiger partial charge in [0.2, 0.25) is 5.91 Å². The van der Waals surface area contributed by atoms with E-state index in [-0.39, 0.29) is 22.9 Å². The number of nitrogens with one attached hydrogen (secondary N) is 1. The third-order valence-corrected chi connectivity index (χ3v) is 8.60. The number of nitro groups is 1. The number of fused-ring (bicyclic) bond motifs is 1. The molecule has 0 atom stereocenters. The van der Waals surface area contributed by atoms with Crippen LogP contribution in [0.5, 0.6) is 0 Å². The van der Waals surface area contributed by atoms with Gasteiger partial charge in [-0.25, -0.2) is 13.2 Å². The van der Waals surface area contributed by atoms with Crippen LogP contribution in [-0.2, 0) is 32.4 Å². The van der Waals surface area contributed by atoms with Crippen LogP contribution in [0.25, 0.3) is 0 Å². The summed E-state index contributed by atoms with van der Waals surface area (Å²) in [7, 11) is -4.25. The molecule has 3 aromatic rings. The number of carbonyl (C=O) groups excluding carboxylic acids is 2. The molecule has 10 nitrogen and oxygen atoms in total. The van der Waals surface area contributed by atoms with Crippen LogP contribution in [0.15, 0.2) is 59.5 Å². The van der Waals surface area contributed by atoms with Crippen molar-refractivity contribution in [1.82, 2.24) is 0 Å². The average Bonchev–Trinajstić information content (AvgIpc) is 3.44. The topological polar surface area (TPSA) is 136 Å². The van der Waals surface area contributed by atoms with Crippen LogP contribution in [-0.4, -0.2) is 38.4 Å². The van der Waals surface area contributed by atoms with Crippen molar-refractivity contribution in [3.05, 3.63) is 80.7 Å². The molecule has 12 heteroatoms. The lowest BCUT2D eigenvalue weighted by atomic mass is 10.1. The van der Waals surface area contributed by atoms with Gasteiger partial charge in [0.25, 0.3) is 15.7 Å². The SMILES string of the molecule is CCOC(=O)c1c(NC(=O)CN(c2cccc([N+](=O)[O-])c2)S(=O)(=O)c2ccccc2)sc2c1CCC2. The Morgan fingerprint density at radius 2 is 1.89 bits per heavy atom. The molecule has 1 heterocycles. The number of carbonyl (C=O) groups is 2. The molecule has 36 heavy (non-hydrogen) atoms. The number of nitro benzene ring substituents is 1. The maximum absolute atomic E-state index is 13.5. The number of thiophene rings is 1. The Hall–Kier alpha value is -3.77. The second kappa shape index (κ2) is 10.5. The van der Waals surface area contributed by atoms with Gasteiger partial charge < -0.3 is 10.1 Å². The van der Waals surface area contributed by atoms with Gasteiger partial charge in [-0.3, -0.25) is 19.2 Å². The fourth-order valence-electron chi connectivity index (χ4n) is 4.00. The van der Waals surface area contributed by atoms with E-state index in [4.69, 9.17) is 4.74 Å². The van der Waals surface area contributed by atoms with E-state index >= 15 is 0 Å². The van der Waals surface area contributed by atoms with E-state index in [9.17, 15) is 28.1 Å². The second-order valence-electron chi connectivity index (χ2n) is 7.93. The first-order valence-corrected chi connectivity index (χ1v) is 13.4. The fourth-order valence-corrected chi connectivity index (χ4v) is 6.73. The lowest BCUT2D eigenvalue weighted by molar-refractivity contribution is -0.384. The zero-order chi connectivity index (χ0) is 25.9. The van der Waals surface area contributed by atoms with Crippen molar-refractivity contribution in [3.63, 3.8) is 0 Å². The number of rotatable bonds is 9. The predicted molar refractivity (Wildman–Crippen MR) is 135 cm³/mol. The molecule has 0 saturated heterocycles. The molecule has 0 fully saturated rings. The van der Waals surface area contributed by atoms with Gasteiger partial charge in [-0.15, -0.1) is 11.3 Å². The molecule has 1 aromatic heterocycles. The summed E-state index contributed by atoms with van der Waals surface area (Å²) in [6.07, 6.45) is 2.38. The van der Waals surface area contributed by atoms with Gasteiger partial charge in [0.15, 0.2) is 0 Å². The highest BCUT2D eigenvalue weighted by Gasteiger charge is 2.31. The summed E-state index contributed by atoms with van der Waals surface area (Å²) < 4.78 is 33.0. The Morgan fingerprint density at radius 1 is 1.14 bits per heavy atom. The number of hydrogen-bond donors (Lipinski definition) is 1. The summed E-state index contributed by atoms with van der Waals surface area (Å²) in [5.74, 6) is -1.24. The van der Waals surface area contributed by atoms with E-state index in [1.54, 1.807) is 13.0 Å². The van der Waals surface area contributed by atoms with Gasteiger partial charge in [0.1, 0.15) is 11.5 Å². The molecule has 1 amide bonds. The standard InChI is InChI=1S/C24H23N3O7S2/c1-2-34-24(29)22-19-12-7-13-20(19)35-23(22)25-21(28)15-26(16-8-6-9-17(14-16)27(30)31)36(32,33)18-10-4-3-5-11-18/h3-6,8-11,14H,2,7,12-13,15H2,1H3,(H,25,28). The van der Waals surface area contributed by atoms with Crippen molar-refractivity contribution in [2.24, 2.45) is 0 Å². The molecule has 1 N–H and O–H groups in total. The Labute approximate surface area is 211 Å². The first-order chi connectivity index (χ1) is 17.2. The molecular formula is C24H23N3O7S2. The maximum Gasteiger partial charge on any atom is 0.341 e. The number of non-ortho nitro benzene ring substituents is 1. The lowest BCUT2D eigenvalue weighted by Crippen LogP contribution is -2.38. The number of aryl methyl sites for hydroxylation is 1. The van der Waals surface area contributed by atoms with E-state index < -0.39 is 33.4 Å². The maximum atomic E-state index is 13.5. The van der Waals surface area contributed by atoms with E-state index in [0.717, 1.165) is 33.7 Å². The Morgan fingerprint density at radius 3 is 2.58 bits per heavy atom. The first kappa shape index (κ1) is 25.3. The Kier molecular flexibility index (Phi) is 7.36. The van der Waals surface area contributed by atoms with E-state index in [1.807, 2.05) is 0 Å². The van der Waals surface area contributed by atoms with Crippen molar-refractivity contribution in [1.29, 1.82) is 0 Å². The minimum Gasteiger partial charge on any atom is -0.462 e. The molecule has 0 unspecified atom stereocenters. The van der Waals surface area contributed by atoms with Crippen LogP contribution in [0.4, 0.5) is 16.4 Å². The lowest BCUT2D eigenvalue weighted by Gasteiger charge is -2.24. The Balaban J connectivity index is 1.69. The smallest absolute Gasteiger partial charge is 0.341 e. The average molecular weight is 530 g/mol. The van der Waals surface area contributed by atoms with Gasteiger partial charge in [-0.1, -0.05) is 24.3 Å². The van der Waals surface area contributed by atoms with E-state index in [2.05, 4.69) is 5.32 Å². The summed E-state index contributed by atoms with van der Waals surface area (Å²) in [4.78, 5) is 37.3. The van der Waals surface area contributed by atoms with Crippen LogP contribution in [0, 0.1) is 10.1 Å². The van der Waals surface area contributed by atoms with Crippen LogP contribution in [0.3, 0.4) is 0 Å². The Bertz CT molecular complexity index is 1420. The van der Waals surface area contributed by atoms with Crippen molar-refractivity contribution < 1.29 is 27.7 Å². The van der Waals surface area contributed by atoms with Gasteiger partial charge in [0.05, 0.1) is 27.7 Å². The molecule has 2 aromatic carbocycles. The first-order valence-electron chi connectivity index (χ1n) is 11.2. The molecule has 0 saturated carbocycles. The summed E-state index contributed by atoms with van der Waals surface area (Å²) in [5.41, 5.74) is 0.791. The van der Waals surface area contributed by atoms with Crippen LogP contribution in [0.1, 0.15) is 34.1 Å². The molecule has 0 bridgehead atoms. The van der Waals surface area contributed by atoms with Crippen molar-refractivity contribution in [2.75, 3.05) is 22.8 Å². The highest BCUT2D eigenvalue weighted by atomic mass is 32.2. The zero-order valence-electron chi connectivity index (χ0n) is 19.3. The number of hydrogen-bond acceptors (Lipinski definition) is 8. The highest BCUT2D eigenvalue weighted by molar-refractivity contribution is 7.92. The third kappa shape index (κ3) is 5.09. The van der Waals surface area contributed by atoms with Crippen molar-refractivity contribution in [2.45, 2.75) is 31.1 Å². The third-order valence-electron chi connectivity index (χ3n) is 5.60. The molecule has 1 aliphatic carbocycles. The van der Waals surface area contributed by atoms with Gasteiger partial charge >= 0.3 is 5.97 Å². The van der Waals surface area contributed by atoms with E-state index in [0.29, 0.717) is 17.0 Å². The van der Waals surface area contributed by atoms with Gasteiger partial charge in [-0.05, 0) is 49.9 Å².